The number of esters is 1. The number of urea groups is 1. The van der Waals surface area contributed by atoms with Crippen LogP contribution >= 0.6 is 0 Å². The van der Waals surface area contributed by atoms with Gasteiger partial charge in [-0.1, -0.05) is 103 Å². The van der Waals surface area contributed by atoms with Crippen LogP contribution in [0.15, 0.2) is 115 Å². The fourth-order valence-corrected chi connectivity index (χ4v) is 6.29. The van der Waals surface area contributed by atoms with Gasteiger partial charge in [-0.3, -0.25) is 14.5 Å². The summed E-state index contributed by atoms with van der Waals surface area (Å²) in [6, 6.07) is 35.6. The number of hydrogen-bond acceptors (Lipinski definition) is 4. The number of ether oxygens (including phenoxy) is 1. The summed E-state index contributed by atoms with van der Waals surface area (Å²) >= 11 is 0. The second kappa shape index (κ2) is 16.3. The van der Waals surface area contributed by atoms with Crippen molar-refractivity contribution < 1.29 is 19.1 Å². The van der Waals surface area contributed by atoms with Crippen molar-refractivity contribution in [1.82, 2.24) is 15.2 Å². The van der Waals surface area contributed by atoms with E-state index in [1.807, 2.05) is 99.8 Å². The van der Waals surface area contributed by atoms with E-state index < -0.39 is 23.5 Å². The minimum atomic E-state index is -0.707. The zero-order valence-electron chi connectivity index (χ0n) is 28.9. The first-order chi connectivity index (χ1) is 23.6. The van der Waals surface area contributed by atoms with Gasteiger partial charge < -0.3 is 15.0 Å². The van der Waals surface area contributed by atoms with Gasteiger partial charge in [0.2, 0.25) is 5.91 Å². The van der Waals surface area contributed by atoms with Crippen molar-refractivity contribution in [2.45, 2.75) is 71.4 Å². The monoisotopic (exact) mass is 657 g/mol. The first kappa shape index (κ1) is 35.1. The molecule has 1 aromatic heterocycles. The van der Waals surface area contributed by atoms with E-state index in [9.17, 15) is 14.4 Å². The van der Waals surface area contributed by atoms with Crippen LogP contribution in [-0.4, -0.2) is 39.9 Å². The molecule has 0 aliphatic heterocycles. The number of rotatable bonds is 13. The molecule has 2 unspecified atom stereocenters. The van der Waals surface area contributed by atoms with E-state index in [2.05, 4.69) is 46.7 Å². The van der Waals surface area contributed by atoms with Gasteiger partial charge in [0.05, 0.1) is 12.5 Å². The molecule has 254 valence electrons. The van der Waals surface area contributed by atoms with E-state index in [1.54, 1.807) is 6.92 Å². The highest BCUT2D eigenvalue weighted by atomic mass is 16.6. The summed E-state index contributed by atoms with van der Waals surface area (Å²) in [6.07, 6.45) is 4.26. The molecule has 0 spiro atoms. The molecule has 5 aromatic rings. The van der Waals surface area contributed by atoms with Crippen LogP contribution in [0.2, 0.25) is 0 Å². The third kappa shape index (κ3) is 9.69. The maximum atomic E-state index is 14.2. The third-order valence-electron chi connectivity index (χ3n) is 8.66. The Morgan fingerprint density at radius 1 is 0.837 bits per heavy atom. The largest absolute Gasteiger partial charge is 0.460 e. The summed E-state index contributed by atoms with van der Waals surface area (Å²) in [6.45, 7) is 7.39. The normalized spacial score (nSPS) is 12.7. The van der Waals surface area contributed by atoms with Gasteiger partial charge in [0.25, 0.3) is 0 Å². The maximum Gasteiger partial charge on any atom is 0.324 e. The van der Waals surface area contributed by atoms with E-state index in [4.69, 9.17) is 4.74 Å². The minimum Gasteiger partial charge on any atom is -0.460 e. The lowest BCUT2D eigenvalue weighted by molar-refractivity contribution is -0.158. The van der Waals surface area contributed by atoms with Gasteiger partial charge in [0.1, 0.15) is 5.60 Å². The number of benzene rings is 4. The second-order valence-corrected chi connectivity index (χ2v) is 13.5. The van der Waals surface area contributed by atoms with Crippen LogP contribution in [0.5, 0.6) is 0 Å². The summed E-state index contributed by atoms with van der Waals surface area (Å²) in [5, 5.41) is 4.25. The zero-order chi connectivity index (χ0) is 34.8. The Labute approximate surface area is 289 Å². The van der Waals surface area contributed by atoms with Crippen LogP contribution in [0.4, 0.5) is 4.79 Å². The first-order valence-corrected chi connectivity index (χ1v) is 17.2. The fraction of sp³-hybridized carbons (Fsp3) is 0.310. The topological polar surface area (TPSA) is 91.5 Å². The van der Waals surface area contributed by atoms with Crippen LogP contribution in [-0.2, 0) is 27.2 Å². The molecule has 3 amide bonds. The summed E-state index contributed by atoms with van der Waals surface area (Å²) < 4.78 is 5.62. The number of nitrogens with one attached hydrogen (secondary N) is 2. The molecule has 2 atom stereocenters. The van der Waals surface area contributed by atoms with Crippen LogP contribution in [0.3, 0.4) is 0 Å². The number of nitrogens with zero attached hydrogens (tertiary/aromatic N) is 1. The molecule has 4 aromatic carbocycles. The van der Waals surface area contributed by atoms with E-state index in [1.165, 1.54) is 4.90 Å². The van der Waals surface area contributed by atoms with Crippen molar-refractivity contribution in [3.63, 3.8) is 0 Å². The number of para-hydroxylation sites is 1. The average molecular weight is 658 g/mol. The zero-order valence-corrected chi connectivity index (χ0v) is 28.9. The Bertz CT molecular complexity index is 1840. The Morgan fingerprint density at radius 3 is 2.22 bits per heavy atom. The molecule has 0 aliphatic carbocycles. The van der Waals surface area contributed by atoms with Crippen LogP contribution in [0.1, 0.15) is 69.7 Å². The van der Waals surface area contributed by atoms with Crippen LogP contribution in [0, 0.1) is 5.92 Å². The van der Waals surface area contributed by atoms with Crippen molar-refractivity contribution in [2.24, 2.45) is 5.92 Å². The van der Waals surface area contributed by atoms with Crippen molar-refractivity contribution in [3.05, 3.63) is 132 Å². The Hall–Kier alpha value is -5.17. The van der Waals surface area contributed by atoms with E-state index in [0.29, 0.717) is 19.3 Å². The SMILES string of the molecule is CCN(C(=O)NC(Cc1c[nH]c2ccccc12)c1ccccc1)C(=O)C(CCCc1cccc(-c2ccccc2)c1)CC(=O)OC(C)(C)C. The van der Waals surface area contributed by atoms with E-state index in [0.717, 1.165) is 45.1 Å². The number of hydrogen-bond donors (Lipinski definition) is 2. The number of aryl methyl sites for hydroxylation is 1. The number of H-pyrrole nitrogens is 1. The van der Waals surface area contributed by atoms with Crippen molar-refractivity contribution >= 4 is 28.8 Å². The summed E-state index contributed by atoms with van der Waals surface area (Å²) in [5.74, 6) is -1.53. The standard InChI is InChI=1S/C42H47N3O4/c1-5-45(41(48)44-38(32-20-10-7-11-21-32)27-35-29-43-37-25-13-12-24-36(35)37)40(47)34(28-39(46)49-42(2,3)4)23-15-17-30-16-14-22-33(26-30)31-18-8-6-9-19-31/h6-14,16,18-22,24-26,29,34,38,43H,5,15,17,23,27-28H2,1-4H3,(H,44,48). The molecule has 0 bridgehead atoms. The molecule has 49 heavy (non-hydrogen) atoms. The molecule has 0 radical (unpaired) electrons. The van der Waals surface area contributed by atoms with Crippen molar-refractivity contribution in [2.75, 3.05) is 6.54 Å². The van der Waals surface area contributed by atoms with Gasteiger partial charge in [-0.05, 0) is 87.3 Å². The Kier molecular flexibility index (Phi) is 11.7. The van der Waals surface area contributed by atoms with Gasteiger partial charge >= 0.3 is 12.0 Å². The highest BCUT2D eigenvalue weighted by Crippen LogP contribution is 2.27. The molecule has 0 aliphatic rings. The molecule has 5 rings (SSSR count). The molecule has 1 heterocycles. The quantitative estimate of drug-likeness (QED) is 0.124. The van der Waals surface area contributed by atoms with Gasteiger partial charge in [0, 0.05) is 29.6 Å². The number of aromatic amines is 1. The van der Waals surface area contributed by atoms with Crippen LogP contribution < -0.4 is 5.32 Å². The van der Waals surface area contributed by atoms with Gasteiger partial charge in [-0.15, -0.1) is 0 Å². The predicted molar refractivity (Wildman–Crippen MR) is 196 cm³/mol. The third-order valence-corrected chi connectivity index (χ3v) is 8.66. The predicted octanol–water partition coefficient (Wildman–Crippen LogP) is 9.05. The van der Waals surface area contributed by atoms with Crippen molar-refractivity contribution in [1.29, 1.82) is 0 Å². The number of amides is 3. The van der Waals surface area contributed by atoms with E-state index >= 15 is 0 Å². The number of carbonyl (C=O) groups excluding carboxylic acids is 3. The smallest absolute Gasteiger partial charge is 0.324 e. The molecule has 0 saturated heterocycles. The van der Waals surface area contributed by atoms with Gasteiger partial charge in [0.15, 0.2) is 0 Å². The molecule has 0 fully saturated rings. The number of aromatic nitrogens is 1. The number of imide groups is 1. The maximum absolute atomic E-state index is 14.2. The molecule has 7 heteroatoms. The van der Waals surface area contributed by atoms with Crippen molar-refractivity contribution in [3.8, 4) is 11.1 Å². The Balaban J connectivity index is 1.32. The summed E-state index contributed by atoms with van der Waals surface area (Å²) in [5.41, 5.74) is 5.77. The molecule has 0 saturated carbocycles. The lowest BCUT2D eigenvalue weighted by Crippen LogP contribution is -2.48. The highest BCUT2D eigenvalue weighted by Gasteiger charge is 2.32. The summed E-state index contributed by atoms with van der Waals surface area (Å²) in [4.78, 5) is 45.7. The second-order valence-electron chi connectivity index (χ2n) is 13.5. The fourth-order valence-electron chi connectivity index (χ4n) is 6.29. The Morgan fingerprint density at radius 2 is 1.51 bits per heavy atom. The molecule has 7 nitrogen and oxygen atoms in total. The average Bonchev–Trinajstić information content (AvgIpc) is 3.50. The van der Waals surface area contributed by atoms with Crippen LogP contribution in [0.25, 0.3) is 22.0 Å². The molecular formula is C42H47N3O4. The van der Waals surface area contributed by atoms with E-state index in [-0.39, 0.29) is 24.9 Å². The van der Waals surface area contributed by atoms with Gasteiger partial charge in [-0.2, -0.15) is 0 Å². The minimum absolute atomic E-state index is 0.0958. The summed E-state index contributed by atoms with van der Waals surface area (Å²) in [7, 11) is 0. The first-order valence-electron chi connectivity index (χ1n) is 17.2. The highest BCUT2D eigenvalue weighted by molar-refractivity contribution is 5.97. The van der Waals surface area contributed by atoms with Gasteiger partial charge in [-0.25, -0.2) is 4.79 Å². The lowest BCUT2D eigenvalue weighted by Gasteiger charge is -2.28. The molecular weight excluding hydrogens is 610 g/mol. The lowest BCUT2D eigenvalue weighted by atomic mass is 9.94. The number of fused-ring (bicyclic) bond motifs is 1. The number of carbonyl (C=O) groups is 3. The molecule has 2 N–H and O–H groups in total.